The third kappa shape index (κ3) is 2.83. The predicted molar refractivity (Wildman–Crippen MR) is 77.0 cm³/mol. The van der Waals surface area contributed by atoms with Crippen LogP contribution in [0.25, 0.3) is 0 Å². The number of amides is 1. The fourth-order valence-corrected chi connectivity index (χ4v) is 2.67. The number of hydrogen-bond donors (Lipinski definition) is 1. The Morgan fingerprint density at radius 3 is 2.47 bits per heavy atom. The fourth-order valence-electron chi connectivity index (χ4n) is 2.67. The number of nitrogen functional groups attached to an aromatic ring is 1. The Kier molecular flexibility index (Phi) is 3.32. The highest BCUT2D eigenvalue weighted by molar-refractivity contribution is 5.81. The monoisotopic (exact) mass is 259 g/mol. The summed E-state index contributed by atoms with van der Waals surface area (Å²) in [7, 11) is 0. The Morgan fingerprint density at radius 1 is 1.05 bits per heavy atom. The molecule has 102 valence electrons. The second-order valence-electron chi connectivity index (χ2n) is 5.53. The van der Waals surface area contributed by atoms with E-state index in [1.807, 2.05) is 12.1 Å². The second kappa shape index (κ2) is 5.11. The van der Waals surface area contributed by atoms with E-state index in [0.29, 0.717) is 11.8 Å². The summed E-state index contributed by atoms with van der Waals surface area (Å²) in [4.78, 5) is 16.5. The number of carbonyl (C=O) groups excluding carboxylic acids is 1. The fraction of sp³-hybridized carbons (Fsp3) is 0.533. The van der Waals surface area contributed by atoms with Gasteiger partial charge in [0.2, 0.25) is 5.91 Å². The summed E-state index contributed by atoms with van der Waals surface area (Å²) < 4.78 is 0. The minimum absolute atomic E-state index is 0.336. The summed E-state index contributed by atoms with van der Waals surface area (Å²) >= 11 is 0. The van der Waals surface area contributed by atoms with E-state index in [2.05, 4.69) is 21.9 Å². The molecule has 19 heavy (non-hydrogen) atoms. The quantitative estimate of drug-likeness (QED) is 0.823. The zero-order valence-corrected chi connectivity index (χ0v) is 11.2. The van der Waals surface area contributed by atoms with Gasteiger partial charge in [-0.3, -0.25) is 4.79 Å². The summed E-state index contributed by atoms with van der Waals surface area (Å²) in [5, 5.41) is 0. The van der Waals surface area contributed by atoms with Crippen molar-refractivity contribution in [3.63, 3.8) is 0 Å². The van der Waals surface area contributed by atoms with Crippen LogP contribution in [-0.2, 0) is 4.79 Å². The zero-order valence-electron chi connectivity index (χ0n) is 11.2. The molecule has 2 fully saturated rings. The maximum atomic E-state index is 12.1. The number of nitrogens with zero attached hydrogens (tertiary/aromatic N) is 2. The SMILES string of the molecule is Nc1ccc(N2CCCN(C(=O)C3CC3)CC2)cc1. The molecule has 1 aromatic carbocycles. The van der Waals surface area contributed by atoms with Crippen molar-refractivity contribution >= 4 is 17.3 Å². The van der Waals surface area contributed by atoms with Crippen LogP contribution in [0, 0.1) is 5.92 Å². The van der Waals surface area contributed by atoms with Crippen LogP contribution in [0.4, 0.5) is 11.4 Å². The highest BCUT2D eigenvalue weighted by Gasteiger charge is 2.33. The number of rotatable bonds is 2. The van der Waals surface area contributed by atoms with Crippen molar-refractivity contribution in [2.75, 3.05) is 36.8 Å². The molecule has 2 aliphatic rings. The molecule has 0 bridgehead atoms. The van der Waals surface area contributed by atoms with Gasteiger partial charge in [-0.05, 0) is 43.5 Å². The van der Waals surface area contributed by atoms with E-state index in [0.717, 1.165) is 51.1 Å². The van der Waals surface area contributed by atoms with Crippen molar-refractivity contribution in [2.45, 2.75) is 19.3 Å². The average molecular weight is 259 g/mol. The maximum absolute atomic E-state index is 12.1. The Labute approximate surface area is 114 Å². The molecular formula is C15H21N3O. The highest BCUT2D eigenvalue weighted by atomic mass is 16.2. The van der Waals surface area contributed by atoms with E-state index in [-0.39, 0.29) is 0 Å². The number of nitrogens with two attached hydrogens (primary N) is 1. The topological polar surface area (TPSA) is 49.6 Å². The van der Waals surface area contributed by atoms with Gasteiger partial charge in [-0.2, -0.15) is 0 Å². The van der Waals surface area contributed by atoms with E-state index in [4.69, 9.17) is 5.73 Å². The molecule has 1 amide bonds. The van der Waals surface area contributed by atoms with Crippen LogP contribution in [-0.4, -0.2) is 37.0 Å². The largest absolute Gasteiger partial charge is 0.399 e. The minimum atomic E-state index is 0.336. The number of hydrogen-bond acceptors (Lipinski definition) is 3. The Bertz CT molecular complexity index is 453. The first-order valence-electron chi connectivity index (χ1n) is 7.13. The van der Waals surface area contributed by atoms with Gasteiger partial charge in [0, 0.05) is 43.5 Å². The van der Waals surface area contributed by atoms with Crippen molar-refractivity contribution in [2.24, 2.45) is 5.92 Å². The van der Waals surface area contributed by atoms with E-state index in [9.17, 15) is 4.79 Å². The normalized spacial score (nSPS) is 20.2. The summed E-state index contributed by atoms with van der Waals surface area (Å²) in [6.07, 6.45) is 3.23. The van der Waals surface area contributed by atoms with E-state index >= 15 is 0 Å². The molecule has 0 radical (unpaired) electrons. The van der Waals surface area contributed by atoms with Crippen LogP contribution in [0.2, 0.25) is 0 Å². The summed E-state index contributed by atoms with van der Waals surface area (Å²) in [5.41, 5.74) is 7.72. The average Bonchev–Trinajstić information content (AvgIpc) is 3.26. The molecule has 0 unspecified atom stereocenters. The van der Waals surface area contributed by atoms with Crippen LogP contribution >= 0.6 is 0 Å². The van der Waals surface area contributed by atoms with Gasteiger partial charge < -0.3 is 15.5 Å². The number of benzene rings is 1. The number of carbonyl (C=O) groups is 1. The summed E-state index contributed by atoms with van der Waals surface area (Å²) in [6.45, 7) is 3.68. The van der Waals surface area contributed by atoms with Crippen molar-refractivity contribution in [3.05, 3.63) is 24.3 Å². The molecule has 0 aromatic heterocycles. The maximum Gasteiger partial charge on any atom is 0.225 e. The summed E-state index contributed by atoms with van der Waals surface area (Å²) in [6, 6.07) is 8.00. The standard InChI is InChI=1S/C15H21N3O/c16-13-4-6-14(7-5-13)17-8-1-9-18(11-10-17)15(19)12-2-3-12/h4-7,12H,1-3,8-11,16H2. The molecule has 2 N–H and O–H groups in total. The van der Waals surface area contributed by atoms with Crippen LogP contribution in [0.1, 0.15) is 19.3 Å². The van der Waals surface area contributed by atoms with Crippen LogP contribution < -0.4 is 10.6 Å². The van der Waals surface area contributed by atoms with Crippen molar-refractivity contribution < 1.29 is 4.79 Å². The van der Waals surface area contributed by atoms with Gasteiger partial charge in [0.15, 0.2) is 0 Å². The smallest absolute Gasteiger partial charge is 0.225 e. The lowest BCUT2D eigenvalue weighted by Crippen LogP contribution is -2.36. The molecule has 4 nitrogen and oxygen atoms in total. The van der Waals surface area contributed by atoms with Gasteiger partial charge in [0.1, 0.15) is 0 Å². The second-order valence-corrected chi connectivity index (χ2v) is 5.53. The van der Waals surface area contributed by atoms with Gasteiger partial charge in [-0.25, -0.2) is 0 Å². The van der Waals surface area contributed by atoms with Crippen LogP contribution in [0.5, 0.6) is 0 Å². The van der Waals surface area contributed by atoms with Gasteiger partial charge in [0.25, 0.3) is 0 Å². The molecular weight excluding hydrogens is 238 g/mol. The molecule has 1 aliphatic carbocycles. The summed E-state index contributed by atoms with van der Waals surface area (Å²) in [5.74, 6) is 0.710. The van der Waals surface area contributed by atoms with E-state index < -0.39 is 0 Å². The van der Waals surface area contributed by atoms with Gasteiger partial charge in [-0.1, -0.05) is 0 Å². The molecule has 1 saturated carbocycles. The molecule has 0 atom stereocenters. The van der Waals surface area contributed by atoms with Gasteiger partial charge in [0.05, 0.1) is 0 Å². The predicted octanol–water partition coefficient (Wildman–Crippen LogP) is 1.72. The zero-order chi connectivity index (χ0) is 13.2. The Hall–Kier alpha value is -1.71. The van der Waals surface area contributed by atoms with E-state index in [1.54, 1.807) is 0 Å². The first-order valence-corrected chi connectivity index (χ1v) is 7.13. The van der Waals surface area contributed by atoms with Gasteiger partial charge >= 0.3 is 0 Å². The third-order valence-electron chi connectivity index (χ3n) is 3.99. The Morgan fingerprint density at radius 2 is 1.79 bits per heavy atom. The molecule has 3 rings (SSSR count). The minimum Gasteiger partial charge on any atom is -0.399 e. The lowest BCUT2D eigenvalue weighted by atomic mass is 10.2. The Balaban J connectivity index is 1.63. The van der Waals surface area contributed by atoms with Crippen LogP contribution in [0.3, 0.4) is 0 Å². The van der Waals surface area contributed by atoms with Gasteiger partial charge in [-0.15, -0.1) is 0 Å². The van der Waals surface area contributed by atoms with Crippen molar-refractivity contribution in [1.29, 1.82) is 0 Å². The molecule has 0 spiro atoms. The van der Waals surface area contributed by atoms with Crippen molar-refractivity contribution in [3.8, 4) is 0 Å². The van der Waals surface area contributed by atoms with E-state index in [1.165, 1.54) is 5.69 Å². The third-order valence-corrected chi connectivity index (χ3v) is 3.99. The molecule has 1 heterocycles. The van der Waals surface area contributed by atoms with Crippen molar-refractivity contribution in [1.82, 2.24) is 4.90 Å². The molecule has 1 aromatic rings. The lowest BCUT2D eigenvalue weighted by Gasteiger charge is -2.23. The number of anilines is 2. The molecule has 1 saturated heterocycles. The first kappa shape index (κ1) is 12.3. The molecule has 4 heteroatoms. The highest BCUT2D eigenvalue weighted by Crippen LogP contribution is 2.31. The van der Waals surface area contributed by atoms with Crippen LogP contribution in [0.15, 0.2) is 24.3 Å². The molecule has 1 aliphatic heterocycles. The lowest BCUT2D eigenvalue weighted by molar-refractivity contribution is -0.132. The first-order chi connectivity index (χ1) is 9.24.